The maximum Gasteiger partial charge on any atom is 0.229 e. The van der Waals surface area contributed by atoms with Crippen LogP contribution in [0.5, 0.6) is 28.7 Å². The standard InChI is InChI=1S/C29H36O15/c1-12-22(33)24(35)26(37)28(42-12)41-11-20-23(34)25(36)27(38)29(44-20)43-14-9-17(32)21(19(10-14)40-3)15(30)6-4-13-5-7-18(39-2)16(31)8-13/h4-10,12,20,22-29,31-38H,11H2,1-3H3. The topological polar surface area (TPSA) is 234 Å². The summed E-state index contributed by atoms with van der Waals surface area (Å²) in [7, 11) is 2.65. The molecule has 242 valence electrons. The fourth-order valence-electron chi connectivity index (χ4n) is 4.75. The monoisotopic (exact) mass is 624 g/mol. The van der Waals surface area contributed by atoms with Gasteiger partial charge in [0.25, 0.3) is 0 Å². The highest BCUT2D eigenvalue weighted by Crippen LogP contribution is 2.36. The minimum Gasteiger partial charge on any atom is -0.507 e. The summed E-state index contributed by atoms with van der Waals surface area (Å²) in [6.45, 7) is 0.958. The van der Waals surface area contributed by atoms with Crippen LogP contribution in [0.1, 0.15) is 22.8 Å². The zero-order valence-electron chi connectivity index (χ0n) is 24.0. The molecule has 2 aliphatic rings. The second-order valence-corrected chi connectivity index (χ2v) is 10.3. The Morgan fingerprint density at radius 1 is 0.795 bits per heavy atom. The molecular weight excluding hydrogens is 588 g/mol. The van der Waals surface area contributed by atoms with E-state index in [2.05, 4.69) is 0 Å². The van der Waals surface area contributed by atoms with Gasteiger partial charge in [-0.2, -0.15) is 0 Å². The van der Waals surface area contributed by atoms with E-state index in [0.717, 1.165) is 12.1 Å². The number of carbonyl (C=O) groups is 1. The minimum atomic E-state index is -1.77. The van der Waals surface area contributed by atoms with Crippen LogP contribution in [0, 0.1) is 0 Å². The zero-order chi connectivity index (χ0) is 32.3. The predicted octanol–water partition coefficient (Wildman–Crippen LogP) is -0.958. The van der Waals surface area contributed by atoms with Crippen LogP contribution >= 0.6 is 0 Å². The number of aromatic hydroxyl groups is 2. The molecule has 0 aromatic heterocycles. The summed E-state index contributed by atoms with van der Waals surface area (Å²) in [4.78, 5) is 12.9. The van der Waals surface area contributed by atoms with Crippen molar-refractivity contribution in [2.45, 2.75) is 68.3 Å². The number of rotatable bonds is 10. The molecule has 2 aliphatic heterocycles. The molecule has 2 aromatic carbocycles. The molecule has 2 saturated heterocycles. The lowest BCUT2D eigenvalue weighted by molar-refractivity contribution is -0.318. The molecule has 2 fully saturated rings. The molecule has 0 aliphatic carbocycles. The number of carbonyl (C=O) groups excluding carboxylic acids is 1. The maximum atomic E-state index is 12.9. The first-order chi connectivity index (χ1) is 20.9. The number of phenols is 2. The van der Waals surface area contributed by atoms with E-state index < -0.39 is 79.6 Å². The summed E-state index contributed by atoms with van der Waals surface area (Å²) in [6, 6.07) is 6.80. The third-order valence-corrected chi connectivity index (χ3v) is 7.31. The molecule has 8 N–H and O–H groups in total. The lowest BCUT2D eigenvalue weighted by atomic mass is 9.98. The number of ether oxygens (including phenoxy) is 6. The van der Waals surface area contributed by atoms with Crippen LogP contribution in [-0.4, -0.2) is 129 Å². The van der Waals surface area contributed by atoms with E-state index in [1.807, 2.05) is 0 Å². The van der Waals surface area contributed by atoms with Crippen molar-refractivity contribution in [2.75, 3.05) is 20.8 Å². The summed E-state index contributed by atoms with van der Waals surface area (Å²) in [6.07, 6.45) is -12.4. The highest BCUT2D eigenvalue weighted by Gasteiger charge is 2.47. The van der Waals surface area contributed by atoms with Gasteiger partial charge < -0.3 is 69.3 Å². The lowest BCUT2D eigenvalue weighted by Crippen LogP contribution is -2.61. The number of phenolic OH excluding ortho intramolecular Hbond substituents is 2. The summed E-state index contributed by atoms with van der Waals surface area (Å²) in [5.74, 6) is -1.31. The van der Waals surface area contributed by atoms with E-state index >= 15 is 0 Å². The molecule has 4 rings (SSSR count). The van der Waals surface area contributed by atoms with Gasteiger partial charge in [0.15, 0.2) is 23.6 Å². The Kier molecular flexibility index (Phi) is 10.7. The van der Waals surface area contributed by atoms with Gasteiger partial charge in [-0.1, -0.05) is 12.1 Å². The number of ketones is 1. The van der Waals surface area contributed by atoms with Crippen LogP contribution in [0.15, 0.2) is 36.4 Å². The van der Waals surface area contributed by atoms with Crippen LogP contribution < -0.4 is 14.2 Å². The molecule has 10 unspecified atom stereocenters. The van der Waals surface area contributed by atoms with E-state index in [4.69, 9.17) is 28.4 Å². The summed E-state index contributed by atoms with van der Waals surface area (Å²) in [5, 5.41) is 82.0. The van der Waals surface area contributed by atoms with E-state index in [9.17, 15) is 45.6 Å². The molecule has 10 atom stereocenters. The molecule has 0 bridgehead atoms. The highest BCUT2D eigenvalue weighted by molar-refractivity contribution is 6.10. The second kappa shape index (κ2) is 14.1. The highest BCUT2D eigenvalue weighted by atomic mass is 16.7. The number of methoxy groups -OCH3 is 2. The quantitative estimate of drug-likeness (QED) is 0.117. The van der Waals surface area contributed by atoms with Crippen molar-refractivity contribution >= 4 is 11.9 Å². The van der Waals surface area contributed by atoms with Crippen LogP contribution in [0.4, 0.5) is 0 Å². The molecule has 44 heavy (non-hydrogen) atoms. The molecule has 15 nitrogen and oxygen atoms in total. The van der Waals surface area contributed by atoms with Crippen LogP contribution in [0.2, 0.25) is 0 Å². The fraction of sp³-hybridized carbons (Fsp3) is 0.483. The number of hydrogen-bond donors (Lipinski definition) is 8. The first kappa shape index (κ1) is 33.4. The molecular formula is C29H36O15. The van der Waals surface area contributed by atoms with Gasteiger partial charge in [0.05, 0.1) is 26.9 Å². The van der Waals surface area contributed by atoms with Gasteiger partial charge in [0.2, 0.25) is 6.29 Å². The first-order valence-corrected chi connectivity index (χ1v) is 13.5. The average Bonchev–Trinajstić information content (AvgIpc) is 3.00. The number of benzene rings is 2. The van der Waals surface area contributed by atoms with Crippen molar-refractivity contribution in [1.29, 1.82) is 0 Å². The van der Waals surface area contributed by atoms with Gasteiger partial charge in [-0.15, -0.1) is 0 Å². The number of aliphatic hydroxyl groups is 6. The van der Waals surface area contributed by atoms with Gasteiger partial charge >= 0.3 is 0 Å². The Morgan fingerprint density at radius 2 is 1.45 bits per heavy atom. The summed E-state index contributed by atoms with van der Waals surface area (Å²) < 4.78 is 32.3. The molecule has 0 amide bonds. The van der Waals surface area contributed by atoms with E-state index in [0.29, 0.717) is 5.56 Å². The largest absolute Gasteiger partial charge is 0.507 e. The van der Waals surface area contributed by atoms with Gasteiger partial charge in [0, 0.05) is 12.1 Å². The molecule has 15 heteroatoms. The van der Waals surface area contributed by atoms with Gasteiger partial charge in [-0.3, -0.25) is 4.79 Å². The second-order valence-electron chi connectivity index (χ2n) is 10.3. The normalized spacial score (nSPS) is 32.4. The molecule has 0 radical (unpaired) electrons. The smallest absolute Gasteiger partial charge is 0.229 e. The van der Waals surface area contributed by atoms with Crippen LogP contribution in [0.3, 0.4) is 0 Å². The number of allylic oxidation sites excluding steroid dienone is 1. The predicted molar refractivity (Wildman–Crippen MR) is 148 cm³/mol. The minimum absolute atomic E-state index is 0.101. The first-order valence-electron chi connectivity index (χ1n) is 13.5. The van der Waals surface area contributed by atoms with Crippen molar-refractivity contribution in [3.05, 3.63) is 47.5 Å². The molecule has 0 saturated carbocycles. The van der Waals surface area contributed by atoms with Crippen LogP contribution in [-0.2, 0) is 14.2 Å². The van der Waals surface area contributed by atoms with Crippen molar-refractivity contribution in [1.82, 2.24) is 0 Å². The summed E-state index contributed by atoms with van der Waals surface area (Å²) >= 11 is 0. The SMILES string of the molecule is COc1ccc(C=CC(=O)c2c(O)cc(OC3OC(COC4OC(C)C(O)C(O)C4O)C(O)C(O)C3O)cc2OC)cc1O. The third-order valence-electron chi connectivity index (χ3n) is 7.31. The van der Waals surface area contributed by atoms with Gasteiger partial charge in [0.1, 0.15) is 65.5 Å². The number of aliphatic hydroxyl groups excluding tert-OH is 6. The lowest BCUT2D eigenvalue weighted by Gasteiger charge is -2.42. The van der Waals surface area contributed by atoms with Crippen molar-refractivity contribution in [3.8, 4) is 28.7 Å². The van der Waals surface area contributed by atoms with E-state index in [-0.39, 0.29) is 28.6 Å². The average molecular weight is 625 g/mol. The van der Waals surface area contributed by atoms with Crippen molar-refractivity contribution < 1.29 is 74.1 Å². The fourth-order valence-corrected chi connectivity index (χ4v) is 4.75. The Labute approximate surface area is 251 Å². The van der Waals surface area contributed by atoms with Crippen LogP contribution in [0.25, 0.3) is 6.08 Å². The molecule has 0 spiro atoms. The zero-order valence-corrected chi connectivity index (χ0v) is 24.0. The third kappa shape index (κ3) is 7.07. The maximum absolute atomic E-state index is 12.9. The van der Waals surface area contributed by atoms with Crippen molar-refractivity contribution in [2.24, 2.45) is 0 Å². The van der Waals surface area contributed by atoms with E-state index in [1.165, 1.54) is 45.4 Å². The summed E-state index contributed by atoms with van der Waals surface area (Å²) in [5.41, 5.74) is 0.263. The van der Waals surface area contributed by atoms with Crippen molar-refractivity contribution in [3.63, 3.8) is 0 Å². The van der Waals surface area contributed by atoms with E-state index in [1.54, 1.807) is 6.07 Å². The number of hydrogen-bond acceptors (Lipinski definition) is 15. The van der Waals surface area contributed by atoms with Gasteiger partial charge in [-0.05, 0) is 30.7 Å². The Hall–Kier alpha value is -3.51. The Balaban J connectivity index is 1.46. The van der Waals surface area contributed by atoms with Gasteiger partial charge in [-0.25, -0.2) is 0 Å². The Bertz CT molecular complexity index is 1330. The molecule has 2 aromatic rings. The Morgan fingerprint density at radius 3 is 2.11 bits per heavy atom. The molecule has 2 heterocycles.